The third-order valence-corrected chi connectivity index (χ3v) is 3.53. The number of ether oxygens (including phenoxy) is 1. The zero-order chi connectivity index (χ0) is 13.1. The molecule has 0 aliphatic carbocycles. The van der Waals surface area contributed by atoms with Crippen LogP contribution in [-0.4, -0.2) is 14.7 Å². The van der Waals surface area contributed by atoms with Crippen molar-refractivity contribution in [3.63, 3.8) is 0 Å². The first kappa shape index (κ1) is 13.4. The van der Waals surface area contributed by atoms with Crippen molar-refractivity contribution in [2.45, 2.75) is 13.2 Å². The van der Waals surface area contributed by atoms with Crippen molar-refractivity contribution >= 4 is 27.5 Å². The van der Waals surface area contributed by atoms with Gasteiger partial charge < -0.3 is 14.4 Å². The van der Waals surface area contributed by atoms with Gasteiger partial charge in [-0.2, -0.15) is 0 Å². The van der Waals surface area contributed by atoms with Gasteiger partial charge in [-0.15, -0.1) is 0 Å². The summed E-state index contributed by atoms with van der Waals surface area (Å²) < 4.78 is 8.21. The van der Waals surface area contributed by atoms with E-state index in [-0.39, 0.29) is 6.61 Å². The van der Waals surface area contributed by atoms with E-state index >= 15 is 0 Å². The second-order valence-corrected chi connectivity index (χ2v) is 5.01. The van der Waals surface area contributed by atoms with Gasteiger partial charge in [0.1, 0.15) is 23.3 Å². The number of hydrogen-bond donors (Lipinski definition) is 1. The molecular weight excluding hydrogens is 320 g/mol. The zero-order valence-electron chi connectivity index (χ0n) is 9.73. The quantitative estimate of drug-likeness (QED) is 0.937. The van der Waals surface area contributed by atoms with Crippen molar-refractivity contribution in [1.82, 2.24) is 9.55 Å². The van der Waals surface area contributed by atoms with Crippen LogP contribution in [0.2, 0.25) is 5.15 Å². The highest BCUT2D eigenvalue weighted by Crippen LogP contribution is 2.26. The van der Waals surface area contributed by atoms with E-state index in [1.165, 1.54) is 0 Å². The van der Waals surface area contributed by atoms with E-state index in [4.69, 9.17) is 21.4 Å². The molecule has 0 aliphatic rings. The first-order chi connectivity index (χ1) is 8.61. The number of hydrogen-bond acceptors (Lipinski definition) is 3. The molecule has 1 N–H and O–H groups in total. The van der Waals surface area contributed by atoms with Crippen LogP contribution < -0.4 is 4.74 Å². The molecule has 2 rings (SSSR count). The average Bonchev–Trinajstić information content (AvgIpc) is 2.68. The van der Waals surface area contributed by atoms with Gasteiger partial charge in [-0.3, -0.25) is 0 Å². The Kier molecular flexibility index (Phi) is 4.27. The number of aliphatic hydroxyl groups is 1. The smallest absolute Gasteiger partial charge is 0.147 e. The molecule has 1 heterocycles. The number of rotatable bonds is 4. The van der Waals surface area contributed by atoms with Gasteiger partial charge in [0.15, 0.2) is 0 Å². The predicted octanol–water partition coefficient (Wildman–Crippen LogP) is 2.91. The van der Waals surface area contributed by atoms with Crippen molar-refractivity contribution in [2.75, 3.05) is 0 Å². The molecule has 0 bridgehead atoms. The summed E-state index contributed by atoms with van der Waals surface area (Å²) in [6, 6.07) is 5.44. The number of aromatic nitrogens is 2. The molecular formula is C12H12BrClN2O2. The summed E-state index contributed by atoms with van der Waals surface area (Å²) in [4.78, 5) is 4.14. The van der Waals surface area contributed by atoms with Crippen molar-refractivity contribution in [2.24, 2.45) is 7.05 Å². The van der Waals surface area contributed by atoms with E-state index in [0.717, 1.165) is 15.9 Å². The third-order valence-electron chi connectivity index (χ3n) is 2.56. The van der Waals surface area contributed by atoms with E-state index in [1.807, 2.05) is 19.2 Å². The summed E-state index contributed by atoms with van der Waals surface area (Å²) in [6.07, 6.45) is 1.59. The third kappa shape index (κ3) is 2.85. The Hall–Kier alpha value is -1.04. The molecule has 0 saturated heterocycles. The average molecular weight is 332 g/mol. The molecule has 0 aliphatic heterocycles. The van der Waals surface area contributed by atoms with E-state index in [2.05, 4.69) is 20.9 Å². The molecule has 6 heteroatoms. The monoisotopic (exact) mass is 330 g/mol. The number of imidazole rings is 1. The van der Waals surface area contributed by atoms with Crippen LogP contribution in [-0.2, 0) is 20.3 Å². The van der Waals surface area contributed by atoms with Gasteiger partial charge >= 0.3 is 0 Å². The second-order valence-electron chi connectivity index (χ2n) is 3.77. The predicted molar refractivity (Wildman–Crippen MR) is 72.6 cm³/mol. The first-order valence-corrected chi connectivity index (χ1v) is 6.47. The van der Waals surface area contributed by atoms with Crippen LogP contribution in [0.1, 0.15) is 11.4 Å². The van der Waals surface area contributed by atoms with Crippen LogP contribution in [0.5, 0.6) is 5.75 Å². The first-order valence-electron chi connectivity index (χ1n) is 5.30. The number of nitrogens with zero attached hydrogens (tertiary/aromatic N) is 2. The molecule has 96 valence electrons. The molecule has 2 aromatic rings. The van der Waals surface area contributed by atoms with Gasteiger partial charge in [0, 0.05) is 7.05 Å². The van der Waals surface area contributed by atoms with Crippen LogP contribution in [0.25, 0.3) is 0 Å². The Morgan fingerprint density at radius 3 is 2.83 bits per heavy atom. The largest absolute Gasteiger partial charge is 0.484 e. The molecule has 18 heavy (non-hydrogen) atoms. The summed E-state index contributed by atoms with van der Waals surface area (Å²) in [7, 11) is 1.83. The maximum absolute atomic E-state index is 9.01. The fourth-order valence-electron chi connectivity index (χ4n) is 1.46. The Morgan fingerprint density at radius 2 is 2.28 bits per heavy atom. The highest BCUT2D eigenvalue weighted by atomic mass is 79.9. The minimum absolute atomic E-state index is 0.00779. The summed E-state index contributed by atoms with van der Waals surface area (Å²) >= 11 is 9.29. The molecule has 0 atom stereocenters. The van der Waals surface area contributed by atoms with Gasteiger partial charge in [0.2, 0.25) is 0 Å². The van der Waals surface area contributed by atoms with E-state index in [9.17, 15) is 0 Å². The minimum atomic E-state index is 0.00779. The Bertz CT molecular complexity index is 557. The van der Waals surface area contributed by atoms with Gasteiger partial charge in [0.25, 0.3) is 0 Å². The van der Waals surface area contributed by atoms with Crippen LogP contribution in [0, 0.1) is 0 Å². The molecule has 1 aromatic carbocycles. The number of benzene rings is 1. The maximum atomic E-state index is 9.01. The lowest BCUT2D eigenvalue weighted by atomic mass is 10.2. The lowest BCUT2D eigenvalue weighted by Gasteiger charge is -2.09. The summed E-state index contributed by atoms with van der Waals surface area (Å²) in [5.41, 5.74) is 0.828. The Morgan fingerprint density at radius 1 is 1.50 bits per heavy atom. The number of halogens is 2. The minimum Gasteiger partial charge on any atom is -0.484 e. The van der Waals surface area contributed by atoms with Crippen molar-refractivity contribution in [3.8, 4) is 5.75 Å². The molecule has 4 nitrogen and oxygen atoms in total. The molecule has 0 saturated carbocycles. The molecule has 0 unspecified atom stereocenters. The van der Waals surface area contributed by atoms with Gasteiger partial charge in [-0.1, -0.05) is 17.7 Å². The Labute approximate surface area is 118 Å². The summed E-state index contributed by atoms with van der Waals surface area (Å²) in [6.45, 7) is 0.341. The lowest BCUT2D eigenvalue weighted by molar-refractivity contribution is 0.279. The normalized spacial score (nSPS) is 10.7. The Balaban J connectivity index is 2.08. The van der Waals surface area contributed by atoms with Crippen LogP contribution in [0.3, 0.4) is 0 Å². The molecule has 0 radical (unpaired) electrons. The maximum Gasteiger partial charge on any atom is 0.147 e. The van der Waals surface area contributed by atoms with Crippen molar-refractivity contribution < 1.29 is 9.84 Å². The van der Waals surface area contributed by atoms with Crippen molar-refractivity contribution in [3.05, 3.63) is 45.4 Å². The highest BCUT2D eigenvalue weighted by molar-refractivity contribution is 9.10. The van der Waals surface area contributed by atoms with Gasteiger partial charge in [0.05, 0.1) is 17.3 Å². The topological polar surface area (TPSA) is 47.3 Å². The summed E-state index contributed by atoms with van der Waals surface area (Å²) in [5, 5.41) is 9.58. The fraction of sp³-hybridized carbons (Fsp3) is 0.250. The van der Waals surface area contributed by atoms with Crippen molar-refractivity contribution in [1.29, 1.82) is 0 Å². The van der Waals surface area contributed by atoms with Gasteiger partial charge in [-0.25, -0.2) is 4.98 Å². The molecule has 0 amide bonds. The van der Waals surface area contributed by atoms with E-state index in [1.54, 1.807) is 16.8 Å². The standard InChI is InChI=1S/C12H12BrClN2O2/c1-16-11(14)5-15-12(16)7-18-10-3-2-8(6-17)4-9(10)13/h2-5,17H,6-7H2,1H3. The molecule has 1 aromatic heterocycles. The SMILES string of the molecule is Cn1c(Cl)cnc1COc1ccc(CO)cc1Br. The zero-order valence-corrected chi connectivity index (χ0v) is 12.1. The fourth-order valence-corrected chi connectivity index (χ4v) is 2.15. The van der Waals surface area contributed by atoms with Crippen LogP contribution >= 0.6 is 27.5 Å². The van der Waals surface area contributed by atoms with Crippen LogP contribution in [0.15, 0.2) is 28.9 Å². The van der Waals surface area contributed by atoms with E-state index < -0.39 is 0 Å². The van der Waals surface area contributed by atoms with Crippen LogP contribution in [0.4, 0.5) is 0 Å². The summed E-state index contributed by atoms with van der Waals surface area (Å²) in [5.74, 6) is 1.45. The number of aliphatic hydroxyl groups excluding tert-OH is 1. The highest BCUT2D eigenvalue weighted by Gasteiger charge is 2.07. The molecule has 0 fully saturated rings. The molecule has 0 spiro atoms. The lowest BCUT2D eigenvalue weighted by Crippen LogP contribution is -2.04. The van der Waals surface area contributed by atoms with Gasteiger partial charge in [-0.05, 0) is 33.6 Å². The van der Waals surface area contributed by atoms with E-state index in [0.29, 0.717) is 17.5 Å². The second kappa shape index (κ2) is 5.73.